The van der Waals surface area contributed by atoms with E-state index in [0.29, 0.717) is 6.04 Å². The van der Waals surface area contributed by atoms with Crippen molar-refractivity contribution >= 4 is 11.6 Å². The Morgan fingerprint density at radius 1 is 1.26 bits per heavy atom. The van der Waals surface area contributed by atoms with E-state index in [2.05, 4.69) is 19.2 Å². The summed E-state index contributed by atoms with van der Waals surface area (Å²) in [7, 11) is 1.71. The second-order valence-corrected chi connectivity index (χ2v) is 6.24. The van der Waals surface area contributed by atoms with E-state index in [4.69, 9.17) is 16.3 Å². The SMILES string of the molecule is COc1ccc(Cl)cc1CNC1CCC(C)C(C)C1. The molecule has 2 rings (SSSR count). The van der Waals surface area contributed by atoms with E-state index in [1.165, 1.54) is 19.3 Å². The zero-order valence-electron chi connectivity index (χ0n) is 12.1. The minimum absolute atomic E-state index is 0.620. The Balaban J connectivity index is 1.93. The maximum atomic E-state index is 6.05. The predicted octanol–water partition coefficient (Wildman–Crippen LogP) is 4.26. The fourth-order valence-corrected chi connectivity index (χ4v) is 3.07. The molecule has 0 heterocycles. The summed E-state index contributed by atoms with van der Waals surface area (Å²) in [4.78, 5) is 0. The smallest absolute Gasteiger partial charge is 0.123 e. The Hall–Kier alpha value is -0.730. The Labute approximate surface area is 121 Å². The fourth-order valence-electron chi connectivity index (χ4n) is 2.87. The minimum Gasteiger partial charge on any atom is -0.496 e. The van der Waals surface area contributed by atoms with E-state index in [1.807, 2.05) is 18.2 Å². The highest BCUT2D eigenvalue weighted by Crippen LogP contribution is 2.30. The Morgan fingerprint density at radius 3 is 2.74 bits per heavy atom. The zero-order valence-corrected chi connectivity index (χ0v) is 12.8. The molecule has 0 saturated heterocycles. The third kappa shape index (κ3) is 3.87. The molecule has 1 aromatic rings. The Kier molecular flexibility index (Phi) is 5.12. The number of hydrogen-bond donors (Lipinski definition) is 1. The fraction of sp³-hybridized carbons (Fsp3) is 0.625. The maximum Gasteiger partial charge on any atom is 0.123 e. The monoisotopic (exact) mass is 281 g/mol. The molecule has 106 valence electrons. The van der Waals surface area contributed by atoms with Crippen molar-refractivity contribution in [1.82, 2.24) is 5.32 Å². The molecule has 0 spiro atoms. The molecule has 1 aliphatic carbocycles. The molecule has 3 atom stereocenters. The van der Waals surface area contributed by atoms with Gasteiger partial charge in [-0.05, 0) is 49.3 Å². The van der Waals surface area contributed by atoms with E-state index >= 15 is 0 Å². The normalized spacial score (nSPS) is 27.3. The average molecular weight is 282 g/mol. The summed E-state index contributed by atoms with van der Waals surface area (Å²) < 4.78 is 5.38. The molecule has 0 aliphatic heterocycles. The Bertz CT molecular complexity index is 421. The van der Waals surface area contributed by atoms with Crippen molar-refractivity contribution in [2.24, 2.45) is 11.8 Å². The molecule has 2 nitrogen and oxygen atoms in total. The van der Waals surface area contributed by atoms with Crippen molar-refractivity contribution in [2.75, 3.05) is 7.11 Å². The van der Waals surface area contributed by atoms with Crippen molar-refractivity contribution in [1.29, 1.82) is 0 Å². The van der Waals surface area contributed by atoms with Gasteiger partial charge in [0.25, 0.3) is 0 Å². The standard InChI is InChI=1S/C16H24ClNO/c1-11-4-6-15(8-12(11)2)18-10-13-9-14(17)5-7-16(13)19-3/h5,7,9,11-12,15,18H,4,6,8,10H2,1-3H3. The lowest BCUT2D eigenvalue weighted by Gasteiger charge is -2.32. The van der Waals surface area contributed by atoms with Gasteiger partial charge in [-0.2, -0.15) is 0 Å². The number of rotatable bonds is 4. The molecule has 0 aromatic heterocycles. The summed E-state index contributed by atoms with van der Waals surface area (Å²) in [6, 6.07) is 6.41. The maximum absolute atomic E-state index is 6.05. The first-order chi connectivity index (χ1) is 9.10. The first kappa shape index (κ1) is 14.7. The number of halogens is 1. The average Bonchev–Trinajstić information content (AvgIpc) is 2.40. The van der Waals surface area contributed by atoms with Crippen molar-refractivity contribution in [3.05, 3.63) is 28.8 Å². The molecule has 0 amide bonds. The van der Waals surface area contributed by atoms with Gasteiger partial charge < -0.3 is 10.1 Å². The summed E-state index contributed by atoms with van der Waals surface area (Å²) in [6.07, 6.45) is 3.87. The van der Waals surface area contributed by atoms with Crippen LogP contribution in [0.1, 0.15) is 38.7 Å². The molecule has 1 aliphatic rings. The minimum atomic E-state index is 0.620. The molecule has 1 fully saturated rings. The lowest BCUT2D eigenvalue weighted by atomic mass is 9.79. The quantitative estimate of drug-likeness (QED) is 0.890. The third-order valence-corrected chi connectivity index (χ3v) is 4.66. The molecule has 0 bridgehead atoms. The zero-order chi connectivity index (χ0) is 13.8. The number of hydrogen-bond acceptors (Lipinski definition) is 2. The van der Waals surface area contributed by atoms with E-state index < -0.39 is 0 Å². The summed E-state index contributed by atoms with van der Waals surface area (Å²) in [6.45, 7) is 5.55. The van der Waals surface area contributed by atoms with Crippen molar-refractivity contribution in [3.63, 3.8) is 0 Å². The second-order valence-electron chi connectivity index (χ2n) is 5.80. The molecule has 1 aromatic carbocycles. The predicted molar refractivity (Wildman–Crippen MR) is 80.8 cm³/mol. The van der Waals surface area contributed by atoms with Crippen LogP contribution in [0.2, 0.25) is 5.02 Å². The van der Waals surface area contributed by atoms with Gasteiger partial charge in [-0.1, -0.05) is 25.4 Å². The highest BCUT2D eigenvalue weighted by molar-refractivity contribution is 6.30. The lowest BCUT2D eigenvalue weighted by molar-refractivity contribution is 0.225. The van der Waals surface area contributed by atoms with Gasteiger partial charge in [0, 0.05) is 23.2 Å². The molecular formula is C16H24ClNO. The van der Waals surface area contributed by atoms with E-state index in [-0.39, 0.29) is 0 Å². The second kappa shape index (κ2) is 6.62. The van der Waals surface area contributed by atoms with Crippen LogP contribution in [0.3, 0.4) is 0 Å². The summed E-state index contributed by atoms with van der Waals surface area (Å²) in [5.74, 6) is 2.58. The summed E-state index contributed by atoms with van der Waals surface area (Å²) in [5, 5.41) is 4.42. The van der Waals surface area contributed by atoms with Crippen molar-refractivity contribution < 1.29 is 4.74 Å². The molecule has 1 N–H and O–H groups in total. The van der Waals surface area contributed by atoms with Crippen LogP contribution in [-0.2, 0) is 6.54 Å². The number of benzene rings is 1. The van der Waals surface area contributed by atoms with Crippen LogP contribution >= 0.6 is 11.6 Å². The summed E-state index contributed by atoms with van der Waals surface area (Å²) >= 11 is 6.05. The highest BCUT2D eigenvalue weighted by atomic mass is 35.5. The molecular weight excluding hydrogens is 258 g/mol. The topological polar surface area (TPSA) is 21.3 Å². The van der Waals surface area contributed by atoms with Crippen LogP contribution in [0.25, 0.3) is 0 Å². The molecule has 3 unspecified atom stereocenters. The number of ether oxygens (including phenoxy) is 1. The van der Waals surface area contributed by atoms with Gasteiger partial charge in [-0.15, -0.1) is 0 Å². The first-order valence-corrected chi connectivity index (χ1v) is 7.53. The molecule has 0 radical (unpaired) electrons. The van der Waals surface area contributed by atoms with Crippen LogP contribution in [-0.4, -0.2) is 13.2 Å². The third-order valence-electron chi connectivity index (χ3n) is 4.42. The van der Waals surface area contributed by atoms with Crippen LogP contribution in [0, 0.1) is 11.8 Å². The van der Waals surface area contributed by atoms with Crippen LogP contribution in [0.15, 0.2) is 18.2 Å². The van der Waals surface area contributed by atoms with E-state index in [9.17, 15) is 0 Å². The van der Waals surface area contributed by atoms with Crippen LogP contribution in [0.5, 0.6) is 5.75 Å². The summed E-state index contributed by atoms with van der Waals surface area (Å²) in [5.41, 5.74) is 1.14. The Morgan fingerprint density at radius 2 is 2.05 bits per heavy atom. The molecule has 19 heavy (non-hydrogen) atoms. The van der Waals surface area contributed by atoms with E-state index in [0.717, 1.165) is 34.7 Å². The largest absolute Gasteiger partial charge is 0.496 e. The van der Waals surface area contributed by atoms with Gasteiger partial charge in [-0.3, -0.25) is 0 Å². The molecule has 1 saturated carbocycles. The highest BCUT2D eigenvalue weighted by Gasteiger charge is 2.24. The number of methoxy groups -OCH3 is 1. The van der Waals surface area contributed by atoms with Gasteiger partial charge in [-0.25, -0.2) is 0 Å². The van der Waals surface area contributed by atoms with Gasteiger partial charge in [0.2, 0.25) is 0 Å². The van der Waals surface area contributed by atoms with Gasteiger partial charge in [0.15, 0.2) is 0 Å². The molecule has 3 heteroatoms. The van der Waals surface area contributed by atoms with Crippen LogP contribution in [0.4, 0.5) is 0 Å². The lowest BCUT2D eigenvalue weighted by Crippen LogP contribution is -2.35. The number of nitrogens with one attached hydrogen (secondary N) is 1. The van der Waals surface area contributed by atoms with Crippen LogP contribution < -0.4 is 10.1 Å². The van der Waals surface area contributed by atoms with Crippen molar-refractivity contribution in [2.45, 2.75) is 45.7 Å². The van der Waals surface area contributed by atoms with Crippen molar-refractivity contribution in [3.8, 4) is 5.75 Å². The van der Waals surface area contributed by atoms with Gasteiger partial charge >= 0.3 is 0 Å². The van der Waals surface area contributed by atoms with Gasteiger partial charge in [0.05, 0.1) is 7.11 Å². The van der Waals surface area contributed by atoms with E-state index in [1.54, 1.807) is 7.11 Å². The first-order valence-electron chi connectivity index (χ1n) is 7.16. The van der Waals surface area contributed by atoms with Gasteiger partial charge in [0.1, 0.15) is 5.75 Å².